The molecule has 0 spiro atoms. The molecule has 0 radical (unpaired) electrons. The zero-order chi connectivity index (χ0) is 18.1. The van der Waals surface area contributed by atoms with Crippen molar-refractivity contribution in [1.82, 2.24) is 0 Å². The first-order valence-electron chi connectivity index (χ1n) is 8.77. The Labute approximate surface area is 147 Å². The number of hydrogen-bond donors (Lipinski definition) is 0. The summed E-state index contributed by atoms with van der Waals surface area (Å²) >= 11 is 0. The van der Waals surface area contributed by atoms with Gasteiger partial charge in [0.1, 0.15) is 0 Å². The number of methoxy groups -OCH3 is 1. The van der Waals surface area contributed by atoms with Crippen LogP contribution in [0, 0.1) is 37.5 Å². The van der Waals surface area contributed by atoms with Gasteiger partial charge in [-0.1, -0.05) is 12.1 Å². The van der Waals surface area contributed by atoms with Gasteiger partial charge in [0.05, 0.1) is 18.9 Å². The lowest BCUT2D eigenvalue weighted by atomic mass is 9.79. The van der Waals surface area contributed by atoms with Crippen molar-refractivity contribution >= 4 is 17.7 Å². The van der Waals surface area contributed by atoms with Crippen molar-refractivity contribution in [2.24, 2.45) is 23.7 Å². The molecule has 0 amide bonds. The number of rotatable bonds is 5. The Balaban J connectivity index is 1.64. The summed E-state index contributed by atoms with van der Waals surface area (Å²) in [6.45, 7) is 3.63. The molecule has 5 heteroatoms. The van der Waals surface area contributed by atoms with E-state index in [0.29, 0.717) is 5.56 Å². The number of ketones is 1. The first kappa shape index (κ1) is 17.6. The van der Waals surface area contributed by atoms with E-state index in [1.54, 1.807) is 12.1 Å². The molecule has 1 aromatic carbocycles. The first-order valence-corrected chi connectivity index (χ1v) is 8.77. The van der Waals surface area contributed by atoms with E-state index in [9.17, 15) is 14.4 Å². The quantitative estimate of drug-likeness (QED) is 0.607. The molecule has 3 rings (SSSR count). The number of esters is 2. The van der Waals surface area contributed by atoms with Crippen molar-refractivity contribution in [2.45, 2.75) is 33.1 Å². The van der Waals surface area contributed by atoms with Gasteiger partial charge in [0.25, 0.3) is 0 Å². The predicted octanol–water partition coefficient (Wildman–Crippen LogP) is 2.86. The molecule has 2 fully saturated rings. The van der Waals surface area contributed by atoms with Crippen LogP contribution >= 0.6 is 0 Å². The highest BCUT2D eigenvalue weighted by Crippen LogP contribution is 2.53. The molecular formula is C20H24O5. The SMILES string of the molecule is COC(=O)[C@@H]1[C@H]2CC[C@@H](C2)[C@H]1C(=O)OCC(=O)c1ccc(C)c(C)c1. The molecule has 0 aromatic heterocycles. The summed E-state index contributed by atoms with van der Waals surface area (Å²) in [5.74, 6) is -1.54. The Bertz CT molecular complexity index is 708. The fourth-order valence-corrected chi connectivity index (χ4v) is 4.34. The van der Waals surface area contributed by atoms with Crippen LogP contribution in [0.15, 0.2) is 18.2 Å². The second-order valence-electron chi connectivity index (χ2n) is 7.24. The maximum Gasteiger partial charge on any atom is 0.310 e. The molecule has 2 aliphatic rings. The van der Waals surface area contributed by atoms with Crippen LogP contribution in [0.4, 0.5) is 0 Å². The zero-order valence-corrected chi connectivity index (χ0v) is 14.9. The Morgan fingerprint density at radius 1 is 1.00 bits per heavy atom. The van der Waals surface area contributed by atoms with Crippen LogP contribution in [0.3, 0.4) is 0 Å². The summed E-state index contributed by atoms with van der Waals surface area (Å²) < 4.78 is 10.2. The van der Waals surface area contributed by atoms with E-state index in [4.69, 9.17) is 9.47 Å². The lowest BCUT2D eigenvalue weighted by Gasteiger charge is -2.27. The summed E-state index contributed by atoms with van der Waals surface area (Å²) in [5, 5.41) is 0. The molecule has 2 saturated carbocycles. The largest absolute Gasteiger partial charge is 0.469 e. The Hall–Kier alpha value is -2.17. The maximum atomic E-state index is 12.5. The molecule has 0 saturated heterocycles. The van der Waals surface area contributed by atoms with Crippen LogP contribution in [0.25, 0.3) is 0 Å². The van der Waals surface area contributed by atoms with E-state index in [1.807, 2.05) is 19.9 Å². The molecule has 0 unspecified atom stereocenters. The Morgan fingerprint density at radius 3 is 2.24 bits per heavy atom. The van der Waals surface area contributed by atoms with Crippen molar-refractivity contribution in [1.29, 1.82) is 0 Å². The third kappa shape index (κ3) is 3.32. The predicted molar refractivity (Wildman–Crippen MR) is 91.0 cm³/mol. The minimum Gasteiger partial charge on any atom is -0.469 e. The molecule has 134 valence electrons. The lowest BCUT2D eigenvalue weighted by molar-refractivity contribution is -0.161. The van der Waals surface area contributed by atoms with Gasteiger partial charge >= 0.3 is 11.9 Å². The van der Waals surface area contributed by atoms with E-state index < -0.39 is 17.8 Å². The summed E-state index contributed by atoms with van der Waals surface area (Å²) in [6, 6.07) is 5.43. The van der Waals surface area contributed by atoms with Gasteiger partial charge in [0, 0.05) is 5.56 Å². The van der Waals surface area contributed by atoms with Gasteiger partial charge in [-0.25, -0.2) is 0 Å². The van der Waals surface area contributed by atoms with Gasteiger partial charge < -0.3 is 9.47 Å². The van der Waals surface area contributed by atoms with E-state index in [1.165, 1.54) is 7.11 Å². The van der Waals surface area contributed by atoms with Crippen molar-refractivity contribution in [2.75, 3.05) is 13.7 Å². The third-order valence-electron chi connectivity index (χ3n) is 5.84. The summed E-state index contributed by atoms with van der Waals surface area (Å²) in [5.41, 5.74) is 2.67. The van der Waals surface area contributed by atoms with Crippen molar-refractivity contribution in [3.63, 3.8) is 0 Å². The van der Waals surface area contributed by atoms with Crippen LogP contribution in [0.1, 0.15) is 40.7 Å². The second-order valence-corrected chi connectivity index (χ2v) is 7.24. The topological polar surface area (TPSA) is 69.7 Å². The highest BCUT2D eigenvalue weighted by molar-refractivity contribution is 5.98. The van der Waals surface area contributed by atoms with Gasteiger partial charge in [-0.3, -0.25) is 14.4 Å². The van der Waals surface area contributed by atoms with Gasteiger partial charge in [-0.2, -0.15) is 0 Å². The minimum atomic E-state index is -0.473. The number of benzene rings is 1. The highest BCUT2D eigenvalue weighted by Gasteiger charge is 2.55. The number of carbonyl (C=O) groups is 3. The van der Waals surface area contributed by atoms with Crippen molar-refractivity contribution < 1.29 is 23.9 Å². The van der Waals surface area contributed by atoms with E-state index in [-0.39, 0.29) is 30.2 Å². The average molecular weight is 344 g/mol. The van der Waals surface area contributed by atoms with E-state index in [0.717, 1.165) is 30.4 Å². The molecule has 2 aliphatic carbocycles. The van der Waals surface area contributed by atoms with Crippen LogP contribution in [-0.4, -0.2) is 31.4 Å². The molecule has 0 heterocycles. The first-order chi connectivity index (χ1) is 11.9. The number of carbonyl (C=O) groups excluding carboxylic acids is 3. The van der Waals surface area contributed by atoms with Crippen LogP contribution in [0.5, 0.6) is 0 Å². The average Bonchev–Trinajstić information content (AvgIpc) is 3.22. The molecular weight excluding hydrogens is 320 g/mol. The smallest absolute Gasteiger partial charge is 0.310 e. The van der Waals surface area contributed by atoms with E-state index >= 15 is 0 Å². The number of fused-ring (bicyclic) bond motifs is 2. The number of Topliss-reactive ketones (excluding diaryl/α,β-unsaturated/α-hetero) is 1. The van der Waals surface area contributed by atoms with Crippen LogP contribution in [-0.2, 0) is 19.1 Å². The fourth-order valence-electron chi connectivity index (χ4n) is 4.34. The highest BCUT2D eigenvalue weighted by atomic mass is 16.5. The number of hydrogen-bond acceptors (Lipinski definition) is 5. The molecule has 2 bridgehead atoms. The maximum absolute atomic E-state index is 12.5. The molecule has 1 aromatic rings. The lowest BCUT2D eigenvalue weighted by Crippen LogP contribution is -2.37. The summed E-state index contributed by atoms with van der Waals surface area (Å²) in [7, 11) is 1.35. The van der Waals surface area contributed by atoms with Crippen LogP contribution in [0.2, 0.25) is 0 Å². The Morgan fingerprint density at radius 2 is 1.64 bits per heavy atom. The fraction of sp³-hybridized carbons (Fsp3) is 0.550. The van der Waals surface area contributed by atoms with Gasteiger partial charge in [-0.15, -0.1) is 0 Å². The minimum absolute atomic E-state index is 0.165. The molecule has 0 aliphatic heterocycles. The zero-order valence-electron chi connectivity index (χ0n) is 14.9. The Kier molecular flexibility index (Phi) is 4.93. The van der Waals surface area contributed by atoms with Gasteiger partial charge in [0.2, 0.25) is 0 Å². The third-order valence-corrected chi connectivity index (χ3v) is 5.84. The van der Waals surface area contributed by atoms with Gasteiger partial charge in [-0.05, 0) is 62.1 Å². The molecule has 5 nitrogen and oxygen atoms in total. The van der Waals surface area contributed by atoms with E-state index in [2.05, 4.69) is 0 Å². The number of ether oxygens (including phenoxy) is 2. The second kappa shape index (κ2) is 6.98. The van der Waals surface area contributed by atoms with Crippen molar-refractivity contribution in [3.8, 4) is 0 Å². The van der Waals surface area contributed by atoms with Crippen LogP contribution < -0.4 is 0 Å². The molecule has 4 atom stereocenters. The van der Waals surface area contributed by atoms with Gasteiger partial charge in [0.15, 0.2) is 12.4 Å². The van der Waals surface area contributed by atoms with Crippen molar-refractivity contribution in [3.05, 3.63) is 34.9 Å². The molecule has 0 N–H and O–H groups in total. The standard InChI is InChI=1S/C20H24O5/c1-11-4-5-13(8-12(11)2)16(21)10-25-20(23)18-15-7-6-14(9-15)17(18)19(22)24-3/h4-5,8,14-15,17-18H,6-7,9-10H2,1-3H3/t14-,15-,17+,18+/m0/s1. The summed E-state index contributed by atoms with van der Waals surface area (Å²) in [6.07, 6.45) is 2.75. The normalized spacial score (nSPS) is 27.2. The molecule has 25 heavy (non-hydrogen) atoms. The monoisotopic (exact) mass is 344 g/mol. The summed E-state index contributed by atoms with van der Waals surface area (Å²) in [4.78, 5) is 36.9. The number of aryl methyl sites for hydroxylation is 2.